The molecule has 2 aromatic carbocycles. The molecule has 9 heteroatoms. The van der Waals surface area contributed by atoms with E-state index in [0.717, 1.165) is 43.4 Å². The van der Waals surface area contributed by atoms with Gasteiger partial charge in [-0.15, -0.1) is 0 Å². The Hall–Kier alpha value is -2.42. The summed E-state index contributed by atoms with van der Waals surface area (Å²) < 4.78 is 32.9. The molecule has 2 heterocycles. The molecule has 0 spiro atoms. The van der Waals surface area contributed by atoms with Crippen molar-refractivity contribution in [2.45, 2.75) is 50.0 Å². The summed E-state index contributed by atoms with van der Waals surface area (Å²) in [4.78, 5) is 27.6. The molecule has 0 aliphatic carbocycles. The van der Waals surface area contributed by atoms with Gasteiger partial charge in [-0.2, -0.15) is 4.31 Å². The van der Waals surface area contributed by atoms with E-state index in [0.29, 0.717) is 19.6 Å². The number of rotatable bonds is 5. The molecular formula is C24H27ClN2O5S. The molecule has 4 rings (SSSR count). The fourth-order valence-corrected chi connectivity index (χ4v) is 6.07. The average molecular weight is 491 g/mol. The van der Waals surface area contributed by atoms with E-state index in [1.807, 2.05) is 24.3 Å². The standard InChI is InChI=1S/C24H27ClN2O5S/c1-17(23(28)27-15-7-9-18-8-3-4-10-22(18)27)32-24(29)20-16-19(11-12-21(20)25)33(30,31)26-13-5-2-6-14-26/h3-4,8,10-12,16-17H,2,5-7,9,13-15H2,1H3/t17-/m1/s1. The zero-order chi connectivity index (χ0) is 23.6. The fraction of sp³-hybridized carbons (Fsp3) is 0.417. The number of benzene rings is 2. The number of esters is 1. The van der Waals surface area contributed by atoms with Gasteiger partial charge in [-0.25, -0.2) is 13.2 Å². The molecule has 0 unspecified atom stereocenters. The van der Waals surface area contributed by atoms with Crippen LogP contribution in [0.3, 0.4) is 0 Å². The van der Waals surface area contributed by atoms with Crippen LogP contribution in [0.4, 0.5) is 5.69 Å². The maximum absolute atomic E-state index is 13.1. The lowest BCUT2D eigenvalue weighted by molar-refractivity contribution is -0.126. The maximum Gasteiger partial charge on any atom is 0.340 e. The van der Waals surface area contributed by atoms with Crippen LogP contribution in [0.15, 0.2) is 47.4 Å². The molecule has 0 saturated carbocycles. The second-order valence-electron chi connectivity index (χ2n) is 8.38. The van der Waals surface area contributed by atoms with E-state index in [4.69, 9.17) is 16.3 Å². The van der Waals surface area contributed by atoms with Crippen molar-refractivity contribution in [2.24, 2.45) is 0 Å². The largest absolute Gasteiger partial charge is 0.449 e. The summed E-state index contributed by atoms with van der Waals surface area (Å²) in [6, 6.07) is 11.7. The summed E-state index contributed by atoms with van der Waals surface area (Å²) >= 11 is 6.20. The van der Waals surface area contributed by atoms with Crippen LogP contribution in [0.5, 0.6) is 0 Å². The van der Waals surface area contributed by atoms with E-state index in [-0.39, 0.29) is 21.4 Å². The quantitative estimate of drug-likeness (QED) is 0.590. The van der Waals surface area contributed by atoms with Crippen molar-refractivity contribution in [3.8, 4) is 0 Å². The molecule has 0 bridgehead atoms. The molecule has 1 fully saturated rings. The van der Waals surface area contributed by atoms with Gasteiger partial charge in [0.1, 0.15) is 0 Å². The number of fused-ring (bicyclic) bond motifs is 1. The first-order chi connectivity index (χ1) is 15.8. The van der Waals surface area contributed by atoms with E-state index < -0.39 is 22.1 Å². The number of halogens is 1. The summed E-state index contributed by atoms with van der Waals surface area (Å²) in [5, 5.41) is 0.0700. The summed E-state index contributed by atoms with van der Waals surface area (Å²) in [6.07, 6.45) is 3.27. The first-order valence-corrected chi connectivity index (χ1v) is 13.0. The minimum absolute atomic E-state index is 0.00955. The number of carbonyl (C=O) groups excluding carboxylic acids is 2. The second-order valence-corrected chi connectivity index (χ2v) is 10.7. The third-order valence-electron chi connectivity index (χ3n) is 6.12. The van der Waals surface area contributed by atoms with Gasteiger partial charge in [-0.3, -0.25) is 4.79 Å². The number of carbonyl (C=O) groups is 2. The Bertz CT molecular complexity index is 1160. The number of aryl methyl sites for hydroxylation is 1. The molecule has 176 valence electrons. The predicted octanol–water partition coefficient (Wildman–Crippen LogP) is 4.04. The Morgan fingerprint density at radius 3 is 2.48 bits per heavy atom. The van der Waals surface area contributed by atoms with Gasteiger partial charge in [0.2, 0.25) is 10.0 Å². The van der Waals surface area contributed by atoms with Gasteiger partial charge < -0.3 is 9.64 Å². The Kier molecular flexibility index (Phi) is 7.07. The molecule has 2 aliphatic rings. The summed E-state index contributed by atoms with van der Waals surface area (Å²) in [7, 11) is -3.74. The molecule has 1 amide bonds. The van der Waals surface area contributed by atoms with Crippen LogP contribution >= 0.6 is 11.6 Å². The van der Waals surface area contributed by atoms with Crippen molar-refractivity contribution >= 4 is 39.2 Å². The first kappa shape index (κ1) is 23.7. The van der Waals surface area contributed by atoms with Gasteiger partial charge in [0, 0.05) is 25.3 Å². The fourth-order valence-electron chi connectivity index (χ4n) is 4.33. The number of amides is 1. The van der Waals surface area contributed by atoms with Crippen molar-refractivity contribution in [1.82, 2.24) is 4.31 Å². The molecule has 7 nitrogen and oxygen atoms in total. The number of para-hydroxylation sites is 1. The normalized spacial score (nSPS) is 17.8. The second kappa shape index (κ2) is 9.83. The van der Waals surface area contributed by atoms with E-state index in [2.05, 4.69) is 0 Å². The number of nitrogens with zero attached hydrogens (tertiary/aromatic N) is 2. The van der Waals surface area contributed by atoms with Gasteiger partial charge >= 0.3 is 5.97 Å². The Morgan fingerprint density at radius 1 is 1.00 bits per heavy atom. The number of piperidine rings is 1. The third-order valence-corrected chi connectivity index (χ3v) is 8.34. The van der Waals surface area contributed by atoms with Crippen molar-refractivity contribution in [1.29, 1.82) is 0 Å². The number of anilines is 1. The summed E-state index contributed by atoms with van der Waals surface area (Å²) in [5.41, 5.74) is 1.83. The maximum atomic E-state index is 13.1. The first-order valence-electron chi connectivity index (χ1n) is 11.2. The topological polar surface area (TPSA) is 84.0 Å². The van der Waals surface area contributed by atoms with Crippen molar-refractivity contribution in [2.75, 3.05) is 24.5 Å². The SMILES string of the molecule is C[C@@H](OC(=O)c1cc(S(=O)(=O)N2CCCCC2)ccc1Cl)C(=O)N1CCCc2ccccc21. The zero-order valence-corrected chi connectivity index (χ0v) is 20.1. The lowest BCUT2D eigenvalue weighted by atomic mass is 10.0. The highest BCUT2D eigenvalue weighted by Crippen LogP contribution is 2.29. The van der Waals surface area contributed by atoms with Crippen LogP contribution in [-0.4, -0.2) is 50.3 Å². The monoisotopic (exact) mass is 490 g/mol. The Balaban J connectivity index is 1.52. The molecular weight excluding hydrogens is 464 g/mol. The smallest absolute Gasteiger partial charge is 0.340 e. The number of hydrogen-bond donors (Lipinski definition) is 0. The molecule has 2 aliphatic heterocycles. The summed E-state index contributed by atoms with van der Waals surface area (Å²) in [6.45, 7) is 2.96. The predicted molar refractivity (Wildman–Crippen MR) is 126 cm³/mol. The van der Waals surface area contributed by atoms with Crippen LogP contribution in [0.1, 0.15) is 48.5 Å². The molecule has 0 radical (unpaired) electrons. The van der Waals surface area contributed by atoms with E-state index in [1.165, 1.54) is 29.4 Å². The molecule has 2 aromatic rings. The van der Waals surface area contributed by atoms with Gasteiger partial charge in [-0.05, 0) is 62.4 Å². The number of sulfonamides is 1. The molecule has 33 heavy (non-hydrogen) atoms. The number of hydrogen-bond acceptors (Lipinski definition) is 5. The lowest BCUT2D eigenvalue weighted by Crippen LogP contribution is -2.42. The van der Waals surface area contributed by atoms with Crippen molar-refractivity contribution < 1.29 is 22.7 Å². The third kappa shape index (κ3) is 4.93. The summed E-state index contributed by atoms with van der Waals surface area (Å²) in [5.74, 6) is -1.16. The Labute approximate surface area is 199 Å². The molecule has 0 aromatic heterocycles. The van der Waals surface area contributed by atoms with Gasteiger partial charge in [0.05, 0.1) is 15.5 Å². The van der Waals surface area contributed by atoms with Gasteiger partial charge in [0.25, 0.3) is 5.91 Å². The van der Waals surface area contributed by atoms with Crippen LogP contribution in [-0.2, 0) is 26.0 Å². The van der Waals surface area contributed by atoms with Crippen LogP contribution in [0, 0.1) is 0 Å². The minimum Gasteiger partial charge on any atom is -0.449 e. The van der Waals surface area contributed by atoms with Crippen LogP contribution in [0.25, 0.3) is 0 Å². The Morgan fingerprint density at radius 2 is 1.73 bits per heavy atom. The van der Waals surface area contributed by atoms with Crippen molar-refractivity contribution in [3.63, 3.8) is 0 Å². The van der Waals surface area contributed by atoms with Crippen LogP contribution < -0.4 is 4.90 Å². The van der Waals surface area contributed by atoms with E-state index in [9.17, 15) is 18.0 Å². The lowest BCUT2D eigenvalue weighted by Gasteiger charge is -2.31. The van der Waals surface area contributed by atoms with Gasteiger partial charge in [0.15, 0.2) is 6.10 Å². The highest BCUT2D eigenvalue weighted by molar-refractivity contribution is 7.89. The molecule has 1 atom stereocenters. The minimum atomic E-state index is -3.74. The number of ether oxygens (including phenoxy) is 1. The highest BCUT2D eigenvalue weighted by atomic mass is 35.5. The van der Waals surface area contributed by atoms with E-state index >= 15 is 0 Å². The average Bonchev–Trinajstić information content (AvgIpc) is 2.83. The highest BCUT2D eigenvalue weighted by Gasteiger charge is 2.31. The zero-order valence-electron chi connectivity index (χ0n) is 18.5. The van der Waals surface area contributed by atoms with Crippen LogP contribution in [0.2, 0.25) is 5.02 Å². The van der Waals surface area contributed by atoms with Gasteiger partial charge in [-0.1, -0.05) is 36.2 Å². The molecule has 1 saturated heterocycles. The molecule has 0 N–H and O–H groups in total. The van der Waals surface area contributed by atoms with E-state index in [1.54, 1.807) is 4.90 Å². The van der Waals surface area contributed by atoms with Crippen molar-refractivity contribution in [3.05, 3.63) is 58.6 Å².